The first-order valence-corrected chi connectivity index (χ1v) is 7.19. The molecule has 110 valence electrons. The van der Waals surface area contributed by atoms with Gasteiger partial charge in [0.2, 0.25) is 0 Å². The van der Waals surface area contributed by atoms with Crippen molar-refractivity contribution in [2.45, 2.75) is 6.42 Å². The number of carbonyl (C=O) groups excluding carboxylic acids is 1. The maximum Gasteiger partial charge on any atom is 0.276 e. The van der Waals surface area contributed by atoms with E-state index >= 15 is 0 Å². The highest BCUT2D eigenvalue weighted by Gasteiger charge is 2.28. The molecule has 1 saturated heterocycles. The average molecular weight is 285 g/mol. The van der Waals surface area contributed by atoms with Gasteiger partial charge in [-0.3, -0.25) is 4.79 Å². The number of hydrogen-bond donors (Lipinski definition) is 1. The van der Waals surface area contributed by atoms with Crippen LogP contribution in [0.4, 0.5) is 0 Å². The van der Waals surface area contributed by atoms with Crippen molar-refractivity contribution in [2.24, 2.45) is 5.92 Å². The van der Waals surface area contributed by atoms with Crippen LogP contribution in [0.25, 0.3) is 5.69 Å². The molecule has 1 aliphatic rings. The van der Waals surface area contributed by atoms with Gasteiger partial charge in [0.05, 0.1) is 11.9 Å². The molecule has 1 amide bonds. The Kier molecular flexibility index (Phi) is 3.96. The molecule has 3 rings (SSSR count). The van der Waals surface area contributed by atoms with Gasteiger partial charge in [0.1, 0.15) is 0 Å². The number of aromatic nitrogens is 3. The zero-order valence-corrected chi connectivity index (χ0v) is 12.1. The molecule has 0 aliphatic carbocycles. The van der Waals surface area contributed by atoms with E-state index in [0.29, 0.717) is 11.6 Å². The summed E-state index contributed by atoms with van der Waals surface area (Å²) in [4.78, 5) is 14.3. The van der Waals surface area contributed by atoms with E-state index in [1.807, 2.05) is 42.3 Å². The molecule has 1 aromatic carbocycles. The number of para-hydroxylation sites is 1. The minimum Gasteiger partial charge on any atom is -0.337 e. The predicted molar refractivity (Wildman–Crippen MR) is 79.3 cm³/mol. The number of amides is 1. The Morgan fingerprint density at radius 2 is 2.19 bits per heavy atom. The predicted octanol–water partition coefficient (Wildman–Crippen LogP) is 0.949. The molecule has 1 aromatic heterocycles. The summed E-state index contributed by atoms with van der Waals surface area (Å²) in [5.74, 6) is 0.499. The molecular formula is C15H19N5O. The van der Waals surface area contributed by atoms with Crippen LogP contribution in [0.15, 0.2) is 36.5 Å². The molecule has 1 aliphatic heterocycles. The van der Waals surface area contributed by atoms with Gasteiger partial charge in [-0.15, -0.1) is 5.10 Å². The minimum absolute atomic E-state index is 0.0317. The van der Waals surface area contributed by atoms with Crippen LogP contribution >= 0.6 is 0 Å². The molecule has 1 N–H and O–H groups in total. The molecule has 0 bridgehead atoms. The van der Waals surface area contributed by atoms with E-state index in [1.165, 1.54) is 0 Å². The third-order valence-electron chi connectivity index (χ3n) is 3.80. The second-order valence-electron chi connectivity index (χ2n) is 5.35. The summed E-state index contributed by atoms with van der Waals surface area (Å²) in [5.41, 5.74) is 1.31. The molecule has 6 heteroatoms. The Morgan fingerprint density at radius 1 is 1.38 bits per heavy atom. The van der Waals surface area contributed by atoms with Crippen LogP contribution in [-0.2, 0) is 0 Å². The van der Waals surface area contributed by atoms with Crippen LogP contribution in [0.1, 0.15) is 16.9 Å². The summed E-state index contributed by atoms with van der Waals surface area (Å²) in [6.07, 6.45) is 2.74. The van der Waals surface area contributed by atoms with Gasteiger partial charge >= 0.3 is 0 Å². The van der Waals surface area contributed by atoms with E-state index in [-0.39, 0.29) is 5.91 Å². The quantitative estimate of drug-likeness (QED) is 0.908. The molecule has 2 aromatic rings. The third kappa shape index (κ3) is 2.95. The highest BCUT2D eigenvalue weighted by Crippen LogP contribution is 2.17. The lowest BCUT2D eigenvalue weighted by atomic mass is 10.1. The van der Waals surface area contributed by atoms with Gasteiger partial charge in [0, 0.05) is 13.1 Å². The first kappa shape index (κ1) is 13.8. The summed E-state index contributed by atoms with van der Waals surface area (Å²) >= 11 is 0. The van der Waals surface area contributed by atoms with Crippen LogP contribution in [-0.4, -0.2) is 52.5 Å². The number of rotatable bonds is 4. The second kappa shape index (κ2) is 6.05. The fourth-order valence-electron chi connectivity index (χ4n) is 2.70. The lowest BCUT2D eigenvalue weighted by molar-refractivity contribution is 0.0781. The summed E-state index contributed by atoms with van der Waals surface area (Å²) in [7, 11) is 1.94. The second-order valence-corrected chi connectivity index (χ2v) is 5.35. The summed E-state index contributed by atoms with van der Waals surface area (Å²) in [6.45, 7) is 2.53. The first-order chi connectivity index (χ1) is 10.3. The SMILES string of the molecule is CNCC1CCN(C(=O)c2cn(-c3ccccc3)nn2)C1. The number of nitrogens with one attached hydrogen (secondary N) is 1. The van der Waals surface area contributed by atoms with Crippen molar-refractivity contribution in [2.75, 3.05) is 26.7 Å². The third-order valence-corrected chi connectivity index (χ3v) is 3.80. The van der Waals surface area contributed by atoms with Crippen LogP contribution in [0.3, 0.4) is 0 Å². The van der Waals surface area contributed by atoms with E-state index in [1.54, 1.807) is 10.9 Å². The number of nitrogens with zero attached hydrogens (tertiary/aromatic N) is 4. The van der Waals surface area contributed by atoms with Gasteiger partial charge < -0.3 is 10.2 Å². The molecule has 21 heavy (non-hydrogen) atoms. The van der Waals surface area contributed by atoms with Crippen molar-refractivity contribution >= 4 is 5.91 Å². The fraction of sp³-hybridized carbons (Fsp3) is 0.400. The Morgan fingerprint density at radius 3 is 2.95 bits per heavy atom. The summed E-state index contributed by atoms with van der Waals surface area (Å²) in [6, 6.07) is 9.67. The summed E-state index contributed by atoms with van der Waals surface area (Å²) in [5, 5.41) is 11.2. The molecule has 0 saturated carbocycles. The maximum absolute atomic E-state index is 12.4. The van der Waals surface area contributed by atoms with Crippen molar-refractivity contribution in [3.63, 3.8) is 0 Å². The van der Waals surface area contributed by atoms with Gasteiger partial charge in [0.25, 0.3) is 5.91 Å². The van der Waals surface area contributed by atoms with E-state index in [9.17, 15) is 4.79 Å². The fourth-order valence-corrected chi connectivity index (χ4v) is 2.70. The largest absolute Gasteiger partial charge is 0.337 e. The molecule has 6 nitrogen and oxygen atoms in total. The van der Waals surface area contributed by atoms with Crippen molar-refractivity contribution in [3.8, 4) is 5.69 Å². The van der Waals surface area contributed by atoms with Gasteiger partial charge in [-0.05, 0) is 38.1 Å². The molecular weight excluding hydrogens is 266 g/mol. The molecule has 1 atom stereocenters. The highest BCUT2D eigenvalue weighted by atomic mass is 16.2. The molecule has 1 unspecified atom stereocenters. The number of benzene rings is 1. The smallest absolute Gasteiger partial charge is 0.276 e. The van der Waals surface area contributed by atoms with Gasteiger partial charge in [-0.2, -0.15) is 0 Å². The van der Waals surface area contributed by atoms with E-state index in [2.05, 4.69) is 15.6 Å². The number of carbonyl (C=O) groups is 1. The van der Waals surface area contributed by atoms with E-state index < -0.39 is 0 Å². The standard InChI is InChI=1S/C15H19N5O/c1-16-9-12-7-8-19(10-12)15(21)14-11-20(18-17-14)13-5-3-2-4-6-13/h2-6,11-12,16H,7-10H2,1H3. The van der Waals surface area contributed by atoms with Gasteiger partial charge in [-0.1, -0.05) is 23.4 Å². The Labute approximate surface area is 123 Å². The number of hydrogen-bond acceptors (Lipinski definition) is 4. The van der Waals surface area contributed by atoms with Crippen molar-refractivity contribution in [1.29, 1.82) is 0 Å². The lowest BCUT2D eigenvalue weighted by Gasteiger charge is -2.14. The van der Waals surface area contributed by atoms with Crippen LogP contribution in [0.2, 0.25) is 0 Å². The Bertz CT molecular complexity index is 610. The highest BCUT2D eigenvalue weighted by molar-refractivity contribution is 5.92. The zero-order valence-electron chi connectivity index (χ0n) is 12.1. The van der Waals surface area contributed by atoms with Crippen LogP contribution in [0.5, 0.6) is 0 Å². The zero-order chi connectivity index (χ0) is 14.7. The van der Waals surface area contributed by atoms with Gasteiger partial charge in [-0.25, -0.2) is 4.68 Å². The summed E-state index contributed by atoms with van der Waals surface area (Å²) < 4.78 is 1.63. The van der Waals surface area contributed by atoms with Gasteiger partial charge in [0.15, 0.2) is 5.69 Å². The number of likely N-dealkylation sites (tertiary alicyclic amines) is 1. The maximum atomic E-state index is 12.4. The van der Waals surface area contributed by atoms with Crippen molar-refractivity contribution in [3.05, 3.63) is 42.2 Å². The van der Waals surface area contributed by atoms with E-state index in [0.717, 1.165) is 31.7 Å². The molecule has 0 spiro atoms. The average Bonchev–Trinajstić information content (AvgIpc) is 3.17. The molecule has 2 heterocycles. The minimum atomic E-state index is -0.0317. The Balaban J connectivity index is 1.70. The Hall–Kier alpha value is -2.21. The van der Waals surface area contributed by atoms with Crippen molar-refractivity contribution < 1.29 is 4.79 Å². The monoisotopic (exact) mass is 285 g/mol. The molecule has 1 fully saturated rings. The molecule has 0 radical (unpaired) electrons. The van der Waals surface area contributed by atoms with E-state index in [4.69, 9.17) is 0 Å². The normalized spacial score (nSPS) is 18.1. The first-order valence-electron chi connectivity index (χ1n) is 7.19. The van der Waals surface area contributed by atoms with Crippen LogP contribution < -0.4 is 5.32 Å². The van der Waals surface area contributed by atoms with Crippen LogP contribution in [0, 0.1) is 5.92 Å². The van der Waals surface area contributed by atoms with Crippen molar-refractivity contribution in [1.82, 2.24) is 25.2 Å². The lowest BCUT2D eigenvalue weighted by Crippen LogP contribution is -2.30. The topological polar surface area (TPSA) is 63.1 Å².